The van der Waals surface area contributed by atoms with Crippen LogP contribution in [-0.2, 0) is 10.0 Å². The first-order chi connectivity index (χ1) is 6.88. The third kappa shape index (κ3) is 2.32. The number of carboxylic acids is 1. The molecule has 0 saturated heterocycles. The van der Waals surface area contributed by atoms with E-state index in [0.717, 1.165) is 11.0 Å². The van der Waals surface area contributed by atoms with Crippen LogP contribution in [0.4, 0.5) is 0 Å². The molecule has 1 rings (SSSR count). The van der Waals surface area contributed by atoms with Gasteiger partial charge >= 0.3 is 5.97 Å². The molecule has 0 aliphatic carbocycles. The molecule has 0 bridgehead atoms. The summed E-state index contributed by atoms with van der Waals surface area (Å²) >= 11 is 0. The van der Waals surface area contributed by atoms with Crippen molar-refractivity contribution in [1.82, 2.24) is 4.89 Å². The first-order valence-corrected chi connectivity index (χ1v) is 5.36. The molecule has 82 valence electrons. The first kappa shape index (κ1) is 11.6. The molecule has 15 heavy (non-hydrogen) atoms. The molecule has 7 heteroatoms. The number of aromatic carboxylic acids is 1. The molecule has 0 aromatic heterocycles. The van der Waals surface area contributed by atoms with Crippen LogP contribution in [0.1, 0.15) is 15.9 Å². The number of hydrogen-bond acceptors (Lipinski definition) is 4. The number of rotatable bonds is 3. The Morgan fingerprint density at radius 1 is 1.40 bits per heavy atom. The van der Waals surface area contributed by atoms with Gasteiger partial charge < -0.3 is 10.3 Å². The van der Waals surface area contributed by atoms with Gasteiger partial charge in [0.15, 0.2) is 0 Å². The highest BCUT2D eigenvalue weighted by Crippen LogP contribution is 2.15. The van der Waals surface area contributed by atoms with E-state index in [1.807, 2.05) is 0 Å². The Hall–Kier alpha value is -1.44. The van der Waals surface area contributed by atoms with Crippen LogP contribution in [0.3, 0.4) is 0 Å². The molecule has 0 radical (unpaired) electrons. The van der Waals surface area contributed by atoms with Crippen LogP contribution in [0.5, 0.6) is 0 Å². The fourth-order valence-electron chi connectivity index (χ4n) is 1.05. The number of carbonyl (C=O) groups is 1. The fraction of sp³-hybridized carbons (Fsp3) is 0.125. The molecule has 0 saturated carbocycles. The van der Waals surface area contributed by atoms with Crippen LogP contribution in [0.25, 0.3) is 0 Å². The zero-order valence-corrected chi connectivity index (χ0v) is 8.58. The van der Waals surface area contributed by atoms with Crippen LogP contribution in [0, 0.1) is 6.92 Å². The summed E-state index contributed by atoms with van der Waals surface area (Å²) in [7, 11) is -4.03. The maximum atomic E-state index is 11.1. The van der Waals surface area contributed by atoms with Crippen molar-refractivity contribution in [1.29, 1.82) is 0 Å². The van der Waals surface area contributed by atoms with Crippen molar-refractivity contribution in [3.05, 3.63) is 29.3 Å². The summed E-state index contributed by atoms with van der Waals surface area (Å²) in [6.07, 6.45) is 0. The number of aryl methyl sites for hydroxylation is 1. The molecule has 0 fully saturated rings. The van der Waals surface area contributed by atoms with Gasteiger partial charge in [-0.25, -0.2) is 13.2 Å². The summed E-state index contributed by atoms with van der Waals surface area (Å²) in [4.78, 5) is 11.5. The number of sulfonamides is 1. The molecule has 0 aliphatic heterocycles. The van der Waals surface area contributed by atoms with Gasteiger partial charge in [-0.3, -0.25) is 0 Å². The Balaban J connectivity index is 3.38. The summed E-state index contributed by atoms with van der Waals surface area (Å²) in [6, 6.07) is 3.55. The SMILES string of the molecule is Cc1ccc(S(=O)(=O)NO)cc1C(=O)O. The van der Waals surface area contributed by atoms with E-state index in [2.05, 4.69) is 0 Å². The second-order valence-corrected chi connectivity index (χ2v) is 4.54. The molecule has 0 heterocycles. The topological polar surface area (TPSA) is 104 Å². The molecule has 0 unspecified atom stereocenters. The van der Waals surface area contributed by atoms with E-state index in [4.69, 9.17) is 10.3 Å². The van der Waals surface area contributed by atoms with Gasteiger partial charge in [0.2, 0.25) is 0 Å². The molecule has 1 aromatic rings. The lowest BCUT2D eigenvalue weighted by atomic mass is 10.1. The highest BCUT2D eigenvalue weighted by Gasteiger charge is 2.16. The predicted molar refractivity (Wildman–Crippen MR) is 50.2 cm³/mol. The maximum Gasteiger partial charge on any atom is 0.335 e. The molecular formula is C8H9NO5S. The molecular weight excluding hydrogens is 222 g/mol. The monoisotopic (exact) mass is 231 g/mol. The van der Waals surface area contributed by atoms with Gasteiger partial charge in [0.25, 0.3) is 10.0 Å². The van der Waals surface area contributed by atoms with Crippen molar-refractivity contribution in [2.75, 3.05) is 0 Å². The summed E-state index contributed by atoms with van der Waals surface area (Å²) in [5.74, 6) is -1.22. The Labute approximate surface area is 86.2 Å². The number of nitrogens with one attached hydrogen (secondary N) is 1. The van der Waals surface area contributed by atoms with E-state index >= 15 is 0 Å². The van der Waals surface area contributed by atoms with E-state index in [1.165, 1.54) is 12.1 Å². The fourth-order valence-corrected chi connectivity index (χ4v) is 1.68. The third-order valence-electron chi connectivity index (χ3n) is 1.87. The first-order valence-electron chi connectivity index (χ1n) is 3.88. The van der Waals surface area contributed by atoms with Gasteiger partial charge in [-0.15, -0.1) is 0 Å². The standard InChI is InChI=1S/C8H9NO5S/c1-5-2-3-6(15(13,14)9-12)4-7(5)8(10)11/h2-4,9,12H,1H3,(H,10,11). The lowest BCUT2D eigenvalue weighted by Gasteiger charge is -2.04. The Morgan fingerprint density at radius 2 is 2.00 bits per heavy atom. The lowest BCUT2D eigenvalue weighted by Crippen LogP contribution is -2.19. The Morgan fingerprint density at radius 3 is 2.47 bits per heavy atom. The molecule has 0 spiro atoms. The van der Waals surface area contributed by atoms with Crippen LogP contribution in [0.2, 0.25) is 0 Å². The van der Waals surface area contributed by atoms with E-state index < -0.39 is 16.0 Å². The summed E-state index contributed by atoms with van der Waals surface area (Å²) in [5.41, 5.74) is 0.325. The van der Waals surface area contributed by atoms with Crippen LogP contribution >= 0.6 is 0 Å². The zero-order valence-electron chi connectivity index (χ0n) is 7.76. The predicted octanol–water partition coefficient (Wildman–Crippen LogP) is 0.361. The van der Waals surface area contributed by atoms with E-state index in [0.29, 0.717) is 5.56 Å². The minimum atomic E-state index is -4.03. The van der Waals surface area contributed by atoms with Gasteiger partial charge in [-0.05, 0) is 24.6 Å². The van der Waals surface area contributed by atoms with Crippen molar-refractivity contribution < 1.29 is 23.5 Å². The minimum absolute atomic E-state index is 0.119. The normalized spacial score (nSPS) is 11.3. The summed E-state index contributed by atoms with van der Waals surface area (Å²) in [5, 5.41) is 17.1. The third-order valence-corrected chi connectivity index (χ3v) is 2.98. The summed E-state index contributed by atoms with van der Waals surface area (Å²) < 4.78 is 22.3. The van der Waals surface area contributed by atoms with Crippen LogP contribution < -0.4 is 4.89 Å². The molecule has 1 aromatic carbocycles. The van der Waals surface area contributed by atoms with E-state index in [-0.39, 0.29) is 10.5 Å². The van der Waals surface area contributed by atoms with Gasteiger partial charge in [0.1, 0.15) is 0 Å². The van der Waals surface area contributed by atoms with Gasteiger partial charge in [0, 0.05) is 0 Å². The number of benzene rings is 1. The summed E-state index contributed by atoms with van der Waals surface area (Å²) in [6.45, 7) is 1.55. The second-order valence-electron chi connectivity index (χ2n) is 2.88. The molecule has 6 nitrogen and oxygen atoms in total. The average molecular weight is 231 g/mol. The largest absolute Gasteiger partial charge is 0.478 e. The highest BCUT2D eigenvalue weighted by atomic mass is 32.2. The lowest BCUT2D eigenvalue weighted by molar-refractivity contribution is 0.0696. The minimum Gasteiger partial charge on any atom is -0.478 e. The quantitative estimate of drug-likeness (QED) is 0.651. The Bertz CT molecular complexity index is 494. The Kier molecular flexibility index (Phi) is 3.08. The second kappa shape index (κ2) is 3.97. The van der Waals surface area contributed by atoms with Crippen molar-refractivity contribution >= 4 is 16.0 Å². The van der Waals surface area contributed by atoms with Gasteiger partial charge in [-0.2, -0.15) is 0 Å². The molecule has 0 aliphatic rings. The van der Waals surface area contributed by atoms with Crippen LogP contribution in [-0.4, -0.2) is 24.7 Å². The zero-order chi connectivity index (χ0) is 11.6. The van der Waals surface area contributed by atoms with Gasteiger partial charge in [0.05, 0.1) is 10.5 Å². The smallest absolute Gasteiger partial charge is 0.335 e. The maximum absolute atomic E-state index is 11.1. The van der Waals surface area contributed by atoms with Crippen molar-refractivity contribution in [3.8, 4) is 0 Å². The average Bonchev–Trinajstić information content (AvgIpc) is 2.17. The van der Waals surface area contributed by atoms with E-state index in [1.54, 1.807) is 6.92 Å². The van der Waals surface area contributed by atoms with Crippen molar-refractivity contribution in [2.24, 2.45) is 0 Å². The number of carboxylic acid groups (broad SMARTS) is 1. The number of hydrogen-bond donors (Lipinski definition) is 3. The molecule has 0 amide bonds. The van der Waals surface area contributed by atoms with Crippen LogP contribution in [0.15, 0.2) is 23.1 Å². The van der Waals surface area contributed by atoms with Gasteiger partial charge in [-0.1, -0.05) is 11.0 Å². The highest BCUT2D eigenvalue weighted by molar-refractivity contribution is 7.89. The van der Waals surface area contributed by atoms with Crippen molar-refractivity contribution in [3.63, 3.8) is 0 Å². The van der Waals surface area contributed by atoms with Crippen molar-refractivity contribution in [2.45, 2.75) is 11.8 Å². The molecule has 3 N–H and O–H groups in total. The van der Waals surface area contributed by atoms with E-state index in [9.17, 15) is 13.2 Å². The molecule has 0 atom stereocenters.